The largest absolute Gasteiger partial charge is 0.490 e. The topological polar surface area (TPSA) is 94.4 Å². The van der Waals surface area contributed by atoms with Crippen molar-refractivity contribution in [2.45, 2.75) is 0 Å². The number of methoxy groups -OCH3 is 1. The van der Waals surface area contributed by atoms with Crippen LogP contribution in [0.4, 0.5) is 15.9 Å². The van der Waals surface area contributed by atoms with Crippen LogP contribution in [0.15, 0.2) is 36.5 Å². The Balaban J connectivity index is 2.25. The third kappa shape index (κ3) is 3.30. The second-order valence-corrected chi connectivity index (χ2v) is 3.96. The molecule has 21 heavy (non-hydrogen) atoms. The van der Waals surface area contributed by atoms with Crippen molar-refractivity contribution >= 4 is 17.4 Å². The summed E-state index contributed by atoms with van der Waals surface area (Å²) in [5, 5.41) is 13.3. The number of nitrogens with zero attached hydrogens (tertiary/aromatic N) is 2. The molecule has 0 aliphatic carbocycles. The summed E-state index contributed by atoms with van der Waals surface area (Å²) in [6, 6.07) is 6.22. The van der Waals surface area contributed by atoms with Gasteiger partial charge in [-0.15, -0.1) is 0 Å². The lowest BCUT2D eigenvalue weighted by molar-refractivity contribution is -0.385. The van der Waals surface area contributed by atoms with E-state index in [1.165, 1.54) is 25.3 Å². The van der Waals surface area contributed by atoms with E-state index in [9.17, 15) is 19.3 Å². The summed E-state index contributed by atoms with van der Waals surface area (Å²) in [4.78, 5) is 25.9. The first-order valence-corrected chi connectivity index (χ1v) is 5.76. The van der Waals surface area contributed by atoms with E-state index < -0.39 is 16.6 Å². The molecule has 1 amide bonds. The molecule has 1 N–H and O–H groups in total. The quantitative estimate of drug-likeness (QED) is 0.689. The zero-order chi connectivity index (χ0) is 15.4. The number of anilines is 1. The molecule has 0 unspecified atom stereocenters. The number of hydrogen-bond donors (Lipinski definition) is 1. The molecular formula is C13H10FN3O4. The smallest absolute Gasteiger partial charge is 0.311 e. The molecule has 0 fully saturated rings. The van der Waals surface area contributed by atoms with Crippen LogP contribution in [0.1, 0.15) is 10.4 Å². The molecular weight excluding hydrogens is 281 g/mol. The maximum Gasteiger partial charge on any atom is 0.311 e. The fraction of sp³-hybridized carbons (Fsp3) is 0.0769. The molecule has 2 aromatic rings. The molecule has 1 aromatic carbocycles. The van der Waals surface area contributed by atoms with Crippen LogP contribution in [-0.2, 0) is 0 Å². The third-order valence-electron chi connectivity index (χ3n) is 2.61. The molecule has 0 saturated heterocycles. The van der Waals surface area contributed by atoms with Gasteiger partial charge in [-0.1, -0.05) is 0 Å². The van der Waals surface area contributed by atoms with Gasteiger partial charge in [0.25, 0.3) is 5.91 Å². The highest BCUT2D eigenvalue weighted by Gasteiger charge is 2.18. The Bertz CT molecular complexity index is 688. The fourth-order valence-corrected chi connectivity index (χ4v) is 1.61. The van der Waals surface area contributed by atoms with Crippen LogP contribution < -0.4 is 10.1 Å². The molecule has 1 aromatic heterocycles. The van der Waals surface area contributed by atoms with Crippen LogP contribution in [0.2, 0.25) is 0 Å². The molecule has 0 aliphatic heterocycles. The minimum Gasteiger partial charge on any atom is -0.490 e. The minimum absolute atomic E-state index is 0.0523. The fourth-order valence-electron chi connectivity index (χ4n) is 1.61. The highest BCUT2D eigenvalue weighted by atomic mass is 19.1. The van der Waals surface area contributed by atoms with Gasteiger partial charge in [-0.2, -0.15) is 0 Å². The number of pyridine rings is 1. The Kier molecular flexibility index (Phi) is 4.07. The summed E-state index contributed by atoms with van der Waals surface area (Å²) >= 11 is 0. The normalized spacial score (nSPS) is 10.0. The van der Waals surface area contributed by atoms with Crippen molar-refractivity contribution in [3.8, 4) is 5.75 Å². The molecule has 108 valence electrons. The van der Waals surface area contributed by atoms with Gasteiger partial charge in [0, 0.05) is 11.6 Å². The molecule has 0 atom stereocenters. The Morgan fingerprint density at radius 3 is 2.71 bits per heavy atom. The van der Waals surface area contributed by atoms with E-state index >= 15 is 0 Å². The number of nitro benzene ring substituents is 1. The Hall–Kier alpha value is -3.03. The van der Waals surface area contributed by atoms with Gasteiger partial charge in [-0.05, 0) is 24.3 Å². The number of rotatable bonds is 4. The summed E-state index contributed by atoms with van der Waals surface area (Å²) in [6.45, 7) is 0. The second-order valence-electron chi connectivity index (χ2n) is 3.96. The lowest BCUT2D eigenvalue weighted by Gasteiger charge is -2.06. The predicted octanol–water partition coefficient (Wildman–Crippen LogP) is 2.39. The number of halogens is 1. The molecule has 0 spiro atoms. The first-order valence-electron chi connectivity index (χ1n) is 5.76. The van der Waals surface area contributed by atoms with Gasteiger partial charge in [0.05, 0.1) is 18.2 Å². The van der Waals surface area contributed by atoms with E-state index in [0.717, 1.165) is 18.3 Å². The van der Waals surface area contributed by atoms with E-state index in [0.29, 0.717) is 0 Å². The number of aromatic nitrogens is 1. The van der Waals surface area contributed by atoms with Crippen molar-refractivity contribution in [3.63, 3.8) is 0 Å². The van der Waals surface area contributed by atoms with E-state index in [4.69, 9.17) is 4.74 Å². The van der Waals surface area contributed by atoms with E-state index in [2.05, 4.69) is 10.3 Å². The molecule has 8 heteroatoms. The average Bonchev–Trinajstić information content (AvgIpc) is 2.48. The minimum atomic E-state index is -0.647. The molecule has 2 rings (SSSR count). The Morgan fingerprint density at radius 1 is 1.38 bits per heavy atom. The zero-order valence-electron chi connectivity index (χ0n) is 10.9. The highest BCUT2D eigenvalue weighted by molar-refractivity contribution is 6.04. The summed E-state index contributed by atoms with van der Waals surface area (Å²) in [5.41, 5.74) is -0.258. The summed E-state index contributed by atoms with van der Waals surface area (Å²) in [5.74, 6) is -0.940. The van der Waals surface area contributed by atoms with Crippen molar-refractivity contribution in [3.05, 3.63) is 58.0 Å². The zero-order valence-corrected chi connectivity index (χ0v) is 10.9. The van der Waals surface area contributed by atoms with Gasteiger partial charge < -0.3 is 10.1 Å². The first-order chi connectivity index (χ1) is 10.0. The van der Waals surface area contributed by atoms with Crippen molar-refractivity contribution < 1.29 is 18.8 Å². The van der Waals surface area contributed by atoms with Crippen LogP contribution >= 0.6 is 0 Å². The number of ether oxygens (including phenoxy) is 1. The number of nitro groups is 1. The van der Waals surface area contributed by atoms with Gasteiger partial charge in [0.2, 0.25) is 0 Å². The second kappa shape index (κ2) is 5.95. The number of carbonyl (C=O) groups is 1. The van der Waals surface area contributed by atoms with E-state index in [1.54, 1.807) is 0 Å². The molecule has 0 bridgehead atoms. The van der Waals surface area contributed by atoms with Gasteiger partial charge in [0.1, 0.15) is 11.6 Å². The van der Waals surface area contributed by atoms with Crippen LogP contribution in [0.5, 0.6) is 5.75 Å². The number of carbonyl (C=O) groups excluding carboxylic acids is 1. The van der Waals surface area contributed by atoms with Gasteiger partial charge >= 0.3 is 5.69 Å². The summed E-state index contributed by atoms with van der Waals surface area (Å²) < 4.78 is 17.6. The maximum atomic E-state index is 12.7. The number of amides is 1. The lowest BCUT2D eigenvalue weighted by Crippen LogP contribution is -2.13. The number of benzene rings is 1. The first kappa shape index (κ1) is 14.4. The van der Waals surface area contributed by atoms with E-state index in [-0.39, 0.29) is 22.8 Å². The van der Waals surface area contributed by atoms with Crippen molar-refractivity contribution in [1.82, 2.24) is 4.98 Å². The van der Waals surface area contributed by atoms with E-state index in [1.807, 2.05) is 0 Å². The SMILES string of the molecule is COc1ccc(C(=O)Nc2ccc(F)cn2)cc1[N+](=O)[O-]. The monoisotopic (exact) mass is 291 g/mol. The van der Waals surface area contributed by atoms with Gasteiger partial charge in [-0.25, -0.2) is 9.37 Å². The predicted molar refractivity (Wildman–Crippen MR) is 71.8 cm³/mol. The van der Waals surface area contributed by atoms with Crippen molar-refractivity contribution in [1.29, 1.82) is 0 Å². The Morgan fingerprint density at radius 2 is 2.14 bits per heavy atom. The van der Waals surface area contributed by atoms with Gasteiger partial charge in [0.15, 0.2) is 5.75 Å². The number of hydrogen-bond acceptors (Lipinski definition) is 5. The molecule has 0 radical (unpaired) electrons. The van der Waals surface area contributed by atoms with Crippen LogP contribution in [0.25, 0.3) is 0 Å². The molecule has 0 aliphatic rings. The average molecular weight is 291 g/mol. The van der Waals surface area contributed by atoms with Gasteiger partial charge in [-0.3, -0.25) is 14.9 Å². The highest BCUT2D eigenvalue weighted by Crippen LogP contribution is 2.27. The summed E-state index contributed by atoms with van der Waals surface area (Å²) in [7, 11) is 1.30. The van der Waals surface area contributed by atoms with Crippen molar-refractivity contribution in [2.75, 3.05) is 12.4 Å². The van der Waals surface area contributed by atoms with Crippen LogP contribution in [-0.4, -0.2) is 22.9 Å². The van der Waals surface area contributed by atoms with Crippen molar-refractivity contribution in [2.24, 2.45) is 0 Å². The maximum absolute atomic E-state index is 12.7. The molecule has 1 heterocycles. The lowest BCUT2D eigenvalue weighted by atomic mass is 10.1. The standard InChI is InChI=1S/C13H10FN3O4/c1-21-11-4-2-8(6-10(11)17(19)20)13(18)16-12-5-3-9(14)7-15-12/h2-7H,1H3,(H,15,16,18). The van der Waals surface area contributed by atoms with Crippen LogP contribution in [0.3, 0.4) is 0 Å². The third-order valence-corrected chi connectivity index (χ3v) is 2.61. The number of nitrogens with one attached hydrogen (secondary N) is 1. The van der Waals surface area contributed by atoms with Crippen LogP contribution in [0, 0.1) is 15.9 Å². The summed E-state index contributed by atoms with van der Waals surface area (Å²) in [6.07, 6.45) is 0.950. The molecule has 7 nitrogen and oxygen atoms in total. The Labute approximate surface area is 118 Å². The molecule has 0 saturated carbocycles.